The Kier molecular flexibility index (Phi) is 6.97. The average molecular weight is 471 g/mol. The Morgan fingerprint density at radius 3 is 2.67 bits per heavy atom. The Labute approximate surface area is 191 Å². The number of aromatic nitrogens is 2. The number of anilines is 1. The lowest BCUT2D eigenvalue weighted by atomic mass is 10.2. The lowest BCUT2D eigenvalue weighted by molar-refractivity contribution is -0.111. The minimum Gasteiger partial charge on any atom is -0.379 e. The maximum absolute atomic E-state index is 14.3. The first-order chi connectivity index (χ1) is 15.9. The molecule has 8 nitrogen and oxygen atoms in total. The van der Waals surface area contributed by atoms with Gasteiger partial charge in [0, 0.05) is 36.6 Å². The highest BCUT2D eigenvalue weighted by molar-refractivity contribution is 7.89. The van der Waals surface area contributed by atoms with Crippen molar-refractivity contribution in [2.75, 3.05) is 31.6 Å². The molecule has 0 radical (unpaired) electrons. The standard InChI is InChI=1S/C23H23FN4O4S/c24-21-8-7-20(14-22(21)33(30,31)28-10-12-32-13-11-28)26-23(29)9-6-19-15-25-27(17-19)16-18-4-2-1-3-5-18/h1-9,14-15,17H,10-13,16H2,(H,26,29). The molecule has 1 N–H and O–H groups in total. The van der Waals surface area contributed by atoms with Crippen molar-refractivity contribution in [3.05, 3.63) is 83.9 Å². The Morgan fingerprint density at radius 1 is 1.15 bits per heavy atom. The lowest BCUT2D eigenvalue weighted by Crippen LogP contribution is -2.40. The second kappa shape index (κ2) is 10.1. The van der Waals surface area contributed by atoms with Crippen molar-refractivity contribution in [2.45, 2.75) is 11.4 Å². The van der Waals surface area contributed by atoms with Crippen molar-refractivity contribution in [1.82, 2.24) is 14.1 Å². The number of benzene rings is 2. The van der Waals surface area contributed by atoms with Crippen molar-refractivity contribution in [2.24, 2.45) is 0 Å². The highest BCUT2D eigenvalue weighted by Crippen LogP contribution is 2.24. The van der Waals surface area contributed by atoms with Crippen molar-refractivity contribution in [1.29, 1.82) is 0 Å². The first-order valence-electron chi connectivity index (χ1n) is 10.3. The van der Waals surface area contributed by atoms with Crippen LogP contribution in [0, 0.1) is 5.82 Å². The molecule has 1 fully saturated rings. The van der Waals surface area contributed by atoms with E-state index >= 15 is 0 Å². The number of sulfonamides is 1. The number of carbonyl (C=O) groups excluding carboxylic acids is 1. The zero-order valence-electron chi connectivity index (χ0n) is 17.7. The van der Waals surface area contributed by atoms with Crippen LogP contribution in [0.2, 0.25) is 0 Å². The summed E-state index contributed by atoms with van der Waals surface area (Å²) in [5.41, 5.74) is 2.02. The molecular weight excluding hydrogens is 447 g/mol. The van der Waals surface area contributed by atoms with E-state index < -0.39 is 26.6 Å². The molecule has 1 aliphatic heterocycles. The molecule has 4 rings (SSSR count). The van der Waals surface area contributed by atoms with Gasteiger partial charge in [-0.2, -0.15) is 9.40 Å². The van der Waals surface area contributed by atoms with Gasteiger partial charge >= 0.3 is 0 Å². The molecule has 0 aliphatic carbocycles. The number of rotatable bonds is 7. The zero-order chi connectivity index (χ0) is 23.3. The summed E-state index contributed by atoms with van der Waals surface area (Å²) in [6.45, 7) is 1.42. The fourth-order valence-electron chi connectivity index (χ4n) is 3.38. The highest BCUT2D eigenvalue weighted by Gasteiger charge is 2.29. The quantitative estimate of drug-likeness (QED) is 0.536. The van der Waals surface area contributed by atoms with Crippen LogP contribution in [0.4, 0.5) is 10.1 Å². The van der Waals surface area contributed by atoms with Crippen LogP contribution >= 0.6 is 0 Å². The third-order valence-electron chi connectivity index (χ3n) is 5.05. The Balaban J connectivity index is 1.41. The molecule has 3 aromatic rings. The molecule has 1 aromatic heterocycles. The summed E-state index contributed by atoms with van der Waals surface area (Å²) in [5.74, 6) is -1.35. The SMILES string of the molecule is O=C(C=Cc1cnn(Cc2ccccc2)c1)Nc1ccc(F)c(S(=O)(=O)N2CCOCC2)c1. The average Bonchev–Trinajstić information content (AvgIpc) is 3.27. The minimum absolute atomic E-state index is 0.152. The third kappa shape index (κ3) is 5.72. The normalized spacial score (nSPS) is 15.1. The maximum Gasteiger partial charge on any atom is 0.248 e. The van der Waals surface area contributed by atoms with E-state index in [2.05, 4.69) is 10.4 Å². The second-order valence-corrected chi connectivity index (χ2v) is 9.35. The molecule has 0 atom stereocenters. The largest absolute Gasteiger partial charge is 0.379 e. The van der Waals surface area contributed by atoms with Gasteiger partial charge in [-0.1, -0.05) is 30.3 Å². The number of morpholine rings is 1. The van der Waals surface area contributed by atoms with Crippen molar-refractivity contribution < 1.29 is 22.3 Å². The molecule has 0 unspecified atom stereocenters. The van der Waals surface area contributed by atoms with Gasteiger partial charge in [0.15, 0.2) is 0 Å². The summed E-state index contributed by atoms with van der Waals surface area (Å²) in [4.78, 5) is 11.9. The lowest BCUT2D eigenvalue weighted by Gasteiger charge is -2.26. The van der Waals surface area contributed by atoms with Gasteiger partial charge in [-0.05, 0) is 29.8 Å². The van der Waals surface area contributed by atoms with Gasteiger partial charge in [-0.15, -0.1) is 0 Å². The van der Waals surface area contributed by atoms with Crippen LogP contribution in [0.15, 0.2) is 71.9 Å². The number of ether oxygens (including phenoxy) is 1. The number of amides is 1. The topological polar surface area (TPSA) is 93.5 Å². The van der Waals surface area contributed by atoms with E-state index in [0.717, 1.165) is 23.3 Å². The molecule has 1 saturated heterocycles. The van der Waals surface area contributed by atoms with Crippen LogP contribution in [-0.4, -0.2) is 54.7 Å². The number of nitrogens with zero attached hydrogens (tertiary/aromatic N) is 3. The molecule has 2 heterocycles. The molecule has 2 aromatic carbocycles. The van der Waals surface area contributed by atoms with E-state index in [1.165, 1.54) is 16.4 Å². The van der Waals surface area contributed by atoms with E-state index in [4.69, 9.17) is 4.74 Å². The molecule has 10 heteroatoms. The van der Waals surface area contributed by atoms with Gasteiger partial charge in [0.05, 0.1) is 26.0 Å². The number of carbonyl (C=O) groups is 1. The van der Waals surface area contributed by atoms with Crippen LogP contribution in [0.1, 0.15) is 11.1 Å². The molecule has 0 saturated carbocycles. The highest BCUT2D eigenvalue weighted by atomic mass is 32.2. The number of halogens is 1. The first kappa shape index (κ1) is 22.8. The summed E-state index contributed by atoms with van der Waals surface area (Å²) in [6.07, 6.45) is 6.35. The Hall–Kier alpha value is -3.34. The Bertz CT molecular complexity index is 1250. The van der Waals surface area contributed by atoms with Gasteiger partial charge in [-0.3, -0.25) is 9.48 Å². The van der Waals surface area contributed by atoms with Gasteiger partial charge in [0.1, 0.15) is 10.7 Å². The van der Waals surface area contributed by atoms with E-state index in [-0.39, 0.29) is 32.0 Å². The van der Waals surface area contributed by atoms with Gasteiger partial charge < -0.3 is 10.1 Å². The zero-order valence-corrected chi connectivity index (χ0v) is 18.5. The summed E-state index contributed by atoms with van der Waals surface area (Å²) in [6, 6.07) is 13.3. The molecule has 1 amide bonds. The first-order valence-corrected chi connectivity index (χ1v) is 11.8. The van der Waals surface area contributed by atoms with E-state index in [1.807, 2.05) is 36.5 Å². The minimum atomic E-state index is -4.03. The van der Waals surface area contributed by atoms with E-state index in [0.29, 0.717) is 6.54 Å². The third-order valence-corrected chi connectivity index (χ3v) is 6.97. The Morgan fingerprint density at radius 2 is 1.91 bits per heavy atom. The summed E-state index contributed by atoms with van der Waals surface area (Å²) in [5, 5.41) is 6.85. The van der Waals surface area contributed by atoms with Crippen LogP contribution in [0.25, 0.3) is 6.08 Å². The van der Waals surface area contributed by atoms with Crippen molar-refractivity contribution >= 4 is 27.7 Å². The van der Waals surface area contributed by atoms with Gasteiger partial charge in [0.2, 0.25) is 15.9 Å². The fourth-order valence-corrected chi connectivity index (χ4v) is 4.88. The summed E-state index contributed by atoms with van der Waals surface area (Å²) < 4.78 is 48.0. The van der Waals surface area contributed by atoms with E-state index in [9.17, 15) is 17.6 Å². The molecule has 0 spiro atoms. The van der Waals surface area contributed by atoms with Crippen LogP contribution in [0.5, 0.6) is 0 Å². The summed E-state index contributed by atoms with van der Waals surface area (Å²) in [7, 11) is -4.03. The number of nitrogens with one attached hydrogen (secondary N) is 1. The second-order valence-electron chi connectivity index (χ2n) is 7.44. The predicted octanol–water partition coefficient (Wildman–Crippen LogP) is 2.74. The molecule has 172 valence electrons. The molecular formula is C23H23FN4O4S. The smallest absolute Gasteiger partial charge is 0.248 e. The summed E-state index contributed by atoms with van der Waals surface area (Å²) >= 11 is 0. The predicted molar refractivity (Wildman–Crippen MR) is 121 cm³/mol. The molecule has 33 heavy (non-hydrogen) atoms. The fraction of sp³-hybridized carbons (Fsp3) is 0.217. The van der Waals surface area contributed by atoms with Crippen molar-refractivity contribution in [3.63, 3.8) is 0 Å². The number of hydrogen-bond acceptors (Lipinski definition) is 5. The van der Waals surface area contributed by atoms with Crippen LogP contribution < -0.4 is 5.32 Å². The van der Waals surface area contributed by atoms with Crippen LogP contribution in [0.3, 0.4) is 0 Å². The maximum atomic E-state index is 14.3. The van der Waals surface area contributed by atoms with Crippen LogP contribution in [-0.2, 0) is 26.1 Å². The molecule has 0 bridgehead atoms. The van der Waals surface area contributed by atoms with Gasteiger partial charge in [-0.25, -0.2) is 12.8 Å². The number of hydrogen-bond donors (Lipinski definition) is 1. The van der Waals surface area contributed by atoms with Crippen molar-refractivity contribution in [3.8, 4) is 0 Å². The monoisotopic (exact) mass is 470 g/mol. The molecule has 1 aliphatic rings. The van der Waals surface area contributed by atoms with E-state index in [1.54, 1.807) is 17.0 Å². The van der Waals surface area contributed by atoms with Gasteiger partial charge in [0.25, 0.3) is 0 Å².